The molecule has 4 bridgehead atoms. The lowest BCUT2D eigenvalue weighted by Crippen LogP contribution is -2.60. The highest BCUT2D eigenvalue weighted by Crippen LogP contribution is 2.64. The van der Waals surface area contributed by atoms with E-state index in [1.54, 1.807) is 6.33 Å². The van der Waals surface area contributed by atoms with Gasteiger partial charge in [-0.25, -0.2) is 9.67 Å². The van der Waals surface area contributed by atoms with E-state index in [0.29, 0.717) is 17.1 Å². The van der Waals surface area contributed by atoms with Crippen molar-refractivity contribution in [2.24, 2.45) is 17.3 Å². The summed E-state index contributed by atoms with van der Waals surface area (Å²) < 4.78 is 1.97. The second-order valence-electron chi connectivity index (χ2n) is 9.14. The van der Waals surface area contributed by atoms with Crippen LogP contribution in [-0.4, -0.2) is 20.7 Å². The van der Waals surface area contributed by atoms with Crippen molar-refractivity contribution in [3.63, 3.8) is 0 Å². The minimum atomic E-state index is -0.308. The molecule has 0 aliphatic heterocycles. The Hall–Kier alpha value is -1.88. The van der Waals surface area contributed by atoms with E-state index in [9.17, 15) is 4.79 Å². The first-order valence-electron chi connectivity index (χ1n) is 9.85. The fraction of sp³-hybridized carbons (Fsp3) is 0.571. The Labute approximate surface area is 164 Å². The Morgan fingerprint density at radius 2 is 1.85 bits per heavy atom. The molecule has 4 aliphatic rings. The lowest BCUT2D eigenvalue weighted by molar-refractivity contribution is -0.150. The van der Waals surface area contributed by atoms with Crippen LogP contribution in [0.3, 0.4) is 0 Å². The molecule has 4 atom stereocenters. The van der Waals surface area contributed by atoms with Crippen LogP contribution in [0, 0.1) is 31.1 Å². The van der Waals surface area contributed by atoms with Gasteiger partial charge in [-0.15, -0.1) is 5.10 Å². The lowest BCUT2D eigenvalue weighted by Gasteiger charge is -2.60. The van der Waals surface area contributed by atoms with Crippen molar-refractivity contribution in [3.8, 4) is 0 Å². The zero-order valence-electron chi connectivity index (χ0n) is 15.8. The molecule has 142 valence electrons. The number of amides is 1. The highest BCUT2D eigenvalue weighted by Gasteiger charge is 2.61. The number of hydrogen-bond donors (Lipinski definition) is 1. The van der Waals surface area contributed by atoms with Crippen LogP contribution in [-0.2, 0) is 10.3 Å². The predicted octanol–water partition coefficient (Wildman–Crippen LogP) is 4.48. The maximum Gasteiger partial charge on any atom is 0.242 e. The van der Waals surface area contributed by atoms with Gasteiger partial charge in [0.25, 0.3) is 0 Å². The number of rotatable bonds is 3. The van der Waals surface area contributed by atoms with Crippen molar-refractivity contribution in [2.75, 3.05) is 5.32 Å². The molecule has 0 spiro atoms. The number of para-hydroxylation sites is 1. The first-order valence-corrected chi connectivity index (χ1v) is 10.2. The number of hydrogen-bond acceptors (Lipinski definition) is 3. The third-order valence-corrected chi connectivity index (χ3v) is 7.35. The van der Waals surface area contributed by atoms with Gasteiger partial charge in [0.1, 0.15) is 6.33 Å². The van der Waals surface area contributed by atoms with Crippen LogP contribution < -0.4 is 5.32 Å². The van der Waals surface area contributed by atoms with Gasteiger partial charge in [0.15, 0.2) is 0 Å². The number of nitrogens with zero attached hydrogens (tertiary/aromatic N) is 3. The molecule has 2 unspecified atom stereocenters. The van der Waals surface area contributed by atoms with Gasteiger partial charge in [0.2, 0.25) is 11.2 Å². The average Bonchev–Trinajstić information content (AvgIpc) is 3.04. The Morgan fingerprint density at radius 1 is 1.19 bits per heavy atom. The van der Waals surface area contributed by atoms with E-state index in [1.165, 1.54) is 6.42 Å². The van der Waals surface area contributed by atoms with E-state index >= 15 is 0 Å². The van der Waals surface area contributed by atoms with Crippen molar-refractivity contribution in [1.82, 2.24) is 14.8 Å². The summed E-state index contributed by atoms with van der Waals surface area (Å²) in [6.07, 6.45) is 7.98. The van der Waals surface area contributed by atoms with Crippen molar-refractivity contribution >= 4 is 23.2 Å². The molecule has 4 fully saturated rings. The molecule has 5 nitrogen and oxygen atoms in total. The van der Waals surface area contributed by atoms with Gasteiger partial charge in [-0.1, -0.05) is 18.2 Å². The first kappa shape index (κ1) is 17.2. The van der Waals surface area contributed by atoms with Crippen LogP contribution in [0.4, 0.5) is 5.69 Å². The number of aromatic nitrogens is 3. The highest BCUT2D eigenvalue weighted by molar-refractivity contribution is 6.28. The molecular formula is C21H25ClN4O. The summed E-state index contributed by atoms with van der Waals surface area (Å²) in [4.78, 5) is 17.7. The minimum absolute atomic E-state index is 0.109. The number of halogens is 1. The third-order valence-electron chi connectivity index (χ3n) is 7.18. The standard InChI is InChI=1S/C21H25ClN4O/c1-13-4-3-5-14(2)17(13)24-18(27)20-7-15-6-16(8-20)10-21(9-15,11-20)26-12-23-19(22)25-26/h3-5,12,15-16H,6-11H2,1-2H3,(H,24,27)/t15-,16+,20?,21?. The summed E-state index contributed by atoms with van der Waals surface area (Å²) in [6, 6.07) is 6.15. The van der Waals surface area contributed by atoms with Crippen LogP contribution in [0.15, 0.2) is 24.5 Å². The molecule has 1 aromatic carbocycles. The van der Waals surface area contributed by atoms with Gasteiger partial charge in [-0.2, -0.15) is 0 Å². The van der Waals surface area contributed by atoms with Crippen molar-refractivity contribution in [1.29, 1.82) is 0 Å². The summed E-state index contributed by atoms with van der Waals surface area (Å²) in [7, 11) is 0. The van der Waals surface area contributed by atoms with E-state index in [-0.39, 0.29) is 16.9 Å². The number of aryl methyl sites for hydroxylation is 2. The third kappa shape index (κ3) is 2.62. The van der Waals surface area contributed by atoms with Crippen LogP contribution in [0.25, 0.3) is 0 Å². The quantitative estimate of drug-likeness (QED) is 0.848. The second-order valence-corrected chi connectivity index (χ2v) is 9.48. The Kier molecular flexibility index (Phi) is 3.71. The highest BCUT2D eigenvalue weighted by atomic mass is 35.5. The topological polar surface area (TPSA) is 59.8 Å². The molecule has 1 N–H and O–H groups in total. The van der Waals surface area contributed by atoms with E-state index in [1.807, 2.05) is 10.7 Å². The summed E-state index contributed by atoms with van der Waals surface area (Å²) in [6.45, 7) is 4.11. The van der Waals surface area contributed by atoms with Crippen molar-refractivity contribution in [2.45, 2.75) is 57.9 Å². The van der Waals surface area contributed by atoms with E-state index in [0.717, 1.165) is 48.9 Å². The Morgan fingerprint density at radius 3 is 2.44 bits per heavy atom. The van der Waals surface area contributed by atoms with Crippen LogP contribution in [0.5, 0.6) is 0 Å². The van der Waals surface area contributed by atoms with E-state index in [2.05, 4.69) is 41.4 Å². The molecule has 0 saturated heterocycles. The maximum atomic E-state index is 13.6. The van der Waals surface area contributed by atoms with Gasteiger partial charge in [0.05, 0.1) is 11.0 Å². The number of anilines is 1. The SMILES string of the molecule is Cc1cccc(C)c1NC(=O)C12C[C@H]3C[C@@H](C1)CC(n1cnc(Cl)n1)(C3)C2. The lowest BCUT2D eigenvalue weighted by atomic mass is 9.46. The molecule has 4 aliphatic carbocycles. The summed E-state index contributed by atoms with van der Waals surface area (Å²) >= 11 is 6.02. The molecule has 27 heavy (non-hydrogen) atoms. The number of carbonyl (C=O) groups is 1. The zero-order chi connectivity index (χ0) is 18.8. The fourth-order valence-corrected chi connectivity index (χ4v) is 6.60. The van der Waals surface area contributed by atoms with Gasteiger partial charge < -0.3 is 5.32 Å². The zero-order valence-corrected chi connectivity index (χ0v) is 16.6. The molecule has 4 saturated carbocycles. The number of carbonyl (C=O) groups excluding carboxylic acids is 1. The van der Waals surface area contributed by atoms with E-state index < -0.39 is 0 Å². The molecule has 0 radical (unpaired) electrons. The fourth-order valence-electron chi connectivity index (χ4n) is 6.48. The Balaban J connectivity index is 1.50. The Bertz CT molecular complexity index is 886. The molecule has 2 aromatic rings. The summed E-state index contributed by atoms with van der Waals surface area (Å²) in [5.41, 5.74) is 2.78. The van der Waals surface area contributed by atoms with Gasteiger partial charge in [-0.3, -0.25) is 4.79 Å². The van der Waals surface area contributed by atoms with Gasteiger partial charge in [-0.05, 0) is 86.9 Å². The monoisotopic (exact) mass is 384 g/mol. The average molecular weight is 385 g/mol. The molecule has 6 heteroatoms. The second kappa shape index (κ2) is 5.81. The molecule has 6 rings (SSSR count). The summed E-state index contributed by atoms with van der Waals surface area (Å²) in [5.74, 6) is 1.35. The minimum Gasteiger partial charge on any atom is -0.325 e. The predicted molar refractivity (Wildman–Crippen MR) is 105 cm³/mol. The smallest absolute Gasteiger partial charge is 0.242 e. The number of benzene rings is 1. The largest absolute Gasteiger partial charge is 0.325 e. The molecule has 1 heterocycles. The van der Waals surface area contributed by atoms with Crippen LogP contribution in [0.2, 0.25) is 5.28 Å². The first-order chi connectivity index (χ1) is 12.9. The molecular weight excluding hydrogens is 360 g/mol. The molecule has 1 aromatic heterocycles. The number of nitrogens with one attached hydrogen (secondary N) is 1. The van der Waals surface area contributed by atoms with Crippen LogP contribution in [0.1, 0.15) is 49.7 Å². The van der Waals surface area contributed by atoms with Gasteiger partial charge >= 0.3 is 0 Å². The van der Waals surface area contributed by atoms with Crippen molar-refractivity contribution in [3.05, 3.63) is 40.9 Å². The van der Waals surface area contributed by atoms with Gasteiger partial charge in [0, 0.05) is 5.69 Å². The maximum absolute atomic E-state index is 13.6. The normalized spacial score (nSPS) is 34.0. The van der Waals surface area contributed by atoms with E-state index in [4.69, 9.17) is 11.6 Å². The molecule has 1 amide bonds. The van der Waals surface area contributed by atoms with Crippen LogP contribution >= 0.6 is 11.6 Å². The summed E-state index contributed by atoms with van der Waals surface area (Å²) in [5, 5.41) is 8.03. The van der Waals surface area contributed by atoms with Crippen molar-refractivity contribution < 1.29 is 4.79 Å².